The Bertz CT molecular complexity index is 6400. The van der Waals surface area contributed by atoms with E-state index in [4.69, 9.17) is 32.4 Å². The fourth-order valence-electron chi connectivity index (χ4n) is 20.2. The minimum absolute atomic E-state index is 0.0224. The van der Waals surface area contributed by atoms with Crippen molar-refractivity contribution >= 4 is 90.5 Å². The van der Waals surface area contributed by atoms with Gasteiger partial charge in [-0.2, -0.15) is 0 Å². The van der Waals surface area contributed by atoms with Gasteiger partial charge in [-0.05, 0) is 201 Å². The molecule has 12 aromatic carbocycles. The average molecular weight is 2010 g/mol. The molecule has 12 aromatic rings. The maximum Gasteiger partial charge on any atom is 0.409 e. The molecule has 27 nitrogen and oxygen atoms in total. The van der Waals surface area contributed by atoms with Crippen LogP contribution < -0.4 is 38.9 Å². The van der Waals surface area contributed by atoms with Gasteiger partial charge in [-0.3, -0.25) is 53.2 Å². The number of ether oxygens (including phenoxy) is 2. The minimum atomic E-state index is -0.800. The summed E-state index contributed by atoms with van der Waals surface area (Å²) < 4.78 is 63.9. The van der Waals surface area contributed by atoms with E-state index >= 15 is 0 Å². The second-order valence-electron chi connectivity index (χ2n) is 38.8. The number of benzene rings is 12. The van der Waals surface area contributed by atoms with Gasteiger partial charge < -0.3 is 78.0 Å². The number of methoxy groups -OCH3 is 1. The Hall–Kier alpha value is -13.4. The topological polar surface area (TPSA) is 345 Å². The molecule has 12 unspecified atom stereocenters. The number of aliphatic hydroxyl groups excluding tert-OH is 1. The Morgan fingerprint density at radius 2 is 0.626 bits per heavy atom. The van der Waals surface area contributed by atoms with Crippen molar-refractivity contribution in [3.63, 3.8) is 0 Å². The number of hydrogen-bond acceptors (Lipinski definition) is 19. The largest absolute Gasteiger partial charge is 0.448 e. The average Bonchev–Trinajstić information content (AvgIpc) is 0.806. The highest BCUT2D eigenvalue weighted by Gasteiger charge is 2.42. The van der Waals surface area contributed by atoms with E-state index in [-0.39, 0.29) is 127 Å². The Morgan fingerprint density at radius 1 is 0.354 bits per heavy atom. The number of carbonyl (C=O) groups excluding carboxylic acids is 8. The molecule has 4 heterocycles. The lowest BCUT2D eigenvalue weighted by Crippen LogP contribution is -2.63. The van der Waals surface area contributed by atoms with Gasteiger partial charge in [0.05, 0.1) is 67.6 Å². The standard InChI is InChI=1S/C30H37FN4O4.C29H35FN4O3.C29H35FN4O2.C28H33FN4O2/c1-33(2)30(38)39-20-26(16-22-7-10-23-5-3-4-6-24(23)15-22)34-13-14-35(27(18-34)19-36)29(37)28(32)17-21-8-11-25(31)12-9-21;1-32-28(35)27(17-21-7-10-22-5-3-4-6-23(22)15-21)33-13-14-34(25(18-33)19-37-2)29(36)26(31)16-20-8-11-24(30)12-9-20;1-3-25-19-33(14-15-34(25)29(36)26(31)17-20-9-12-24(30)13-10-20)27(28(35)32-2)18-21-8-11-22-6-4-5-7-23(22)16-21;1-19-18-32(13-14-33(19)28(35)25(30)16-20-8-11-24(29)12-9-20)26(27(34)31-2)17-21-7-10-22-5-3-4-6-23(22)15-21/h3-12,15,26-28,36H,13-14,16-20,32H2,1-2H3;3-12,15,25-27H,13-14,16-19,31H2,1-2H3,(H,32,35);4-13,16,25-27H,3,14-15,17-19,31H2,1-2H3,(H,32,35);3-12,15,19,25-26H,13-14,16-18,30H2,1-2H3,(H,31,34). The number of piperazine rings is 4. The summed E-state index contributed by atoms with van der Waals surface area (Å²) in [4.78, 5) is 121. The zero-order valence-electron chi connectivity index (χ0n) is 85.2. The van der Waals surface area contributed by atoms with E-state index in [0.29, 0.717) is 130 Å². The van der Waals surface area contributed by atoms with Gasteiger partial charge >= 0.3 is 6.09 Å². The SMILES string of the molecule is CCC1CN(C(Cc2ccc3ccccc3c2)C(=O)NC)CCN1C(=O)C(N)Cc1ccc(F)cc1.CN(C)C(=O)OCC(Cc1ccc2ccccc2c1)N1CCN(C(=O)C(N)Cc2ccc(F)cc2)C(CO)C1.CNC(=O)C(Cc1ccc2ccccc2c1)N1CCN(C(=O)C(N)Cc2ccc(F)cc2)C(C)C1.CNC(=O)C(Cc1ccc2ccccc2c1)N1CCN(C(=O)C(N)Cc2ccc(F)cc2)C(COC)C1. The van der Waals surface area contributed by atoms with Crippen molar-refractivity contribution in [1.82, 2.24) is 60.0 Å². The van der Waals surface area contributed by atoms with Crippen LogP contribution in [0.1, 0.15) is 64.8 Å². The molecule has 31 heteroatoms. The molecule has 12 atom stereocenters. The van der Waals surface area contributed by atoms with Crippen molar-refractivity contribution in [2.45, 2.75) is 144 Å². The van der Waals surface area contributed by atoms with Crippen molar-refractivity contribution in [1.29, 1.82) is 0 Å². The van der Waals surface area contributed by atoms with Crippen LogP contribution in [0.4, 0.5) is 22.4 Å². The molecule has 0 spiro atoms. The summed E-state index contributed by atoms with van der Waals surface area (Å²) in [5.74, 6) is -2.03. The molecule has 0 bridgehead atoms. The maximum atomic E-state index is 13.3. The van der Waals surface area contributed by atoms with Gasteiger partial charge in [-0.15, -0.1) is 0 Å². The second-order valence-corrected chi connectivity index (χ2v) is 38.8. The van der Waals surface area contributed by atoms with Crippen molar-refractivity contribution in [2.24, 2.45) is 22.9 Å². The number of fused-ring (bicyclic) bond motifs is 4. The van der Waals surface area contributed by atoms with Gasteiger partial charge in [0, 0.05) is 139 Å². The molecule has 8 amide bonds. The fraction of sp³-hybridized carbons (Fsp3) is 0.379. The third-order valence-electron chi connectivity index (χ3n) is 28.4. The van der Waals surface area contributed by atoms with E-state index in [0.717, 1.165) is 83.2 Å². The van der Waals surface area contributed by atoms with Gasteiger partial charge in [-0.1, -0.05) is 225 Å². The summed E-state index contributed by atoms with van der Waals surface area (Å²) in [6, 6.07) is 77.2. The van der Waals surface area contributed by atoms with Crippen molar-refractivity contribution in [3.05, 3.63) is 335 Å². The Balaban J connectivity index is 0.000000164. The summed E-state index contributed by atoms with van der Waals surface area (Å²) in [7, 11) is 9.86. The van der Waals surface area contributed by atoms with Gasteiger partial charge in [0.25, 0.3) is 0 Å². The number of aliphatic hydroxyl groups is 1. The third-order valence-corrected chi connectivity index (χ3v) is 28.4. The fourth-order valence-corrected chi connectivity index (χ4v) is 20.2. The molecular formula is C116H140F4N16O11. The highest BCUT2D eigenvalue weighted by Crippen LogP contribution is 2.30. The predicted octanol–water partition coefficient (Wildman–Crippen LogP) is 10.9. The van der Waals surface area contributed by atoms with Crippen molar-refractivity contribution < 1.29 is 70.5 Å². The summed E-state index contributed by atoms with van der Waals surface area (Å²) in [5.41, 5.74) is 32.7. The summed E-state index contributed by atoms with van der Waals surface area (Å²) in [6.45, 7) is 10.6. The smallest absolute Gasteiger partial charge is 0.409 e. The first kappa shape index (κ1) is 111. The number of hydrogen-bond donors (Lipinski definition) is 8. The van der Waals surface area contributed by atoms with Gasteiger partial charge in [-0.25, -0.2) is 22.4 Å². The Labute approximate surface area is 858 Å². The molecule has 0 aromatic heterocycles. The van der Waals surface area contributed by atoms with Crippen LogP contribution in [0.25, 0.3) is 43.1 Å². The lowest BCUT2D eigenvalue weighted by atomic mass is 9.98. The van der Waals surface area contributed by atoms with Crippen LogP contribution in [0.5, 0.6) is 0 Å². The first-order chi connectivity index (χ1) is 70.9. The zero-order chi connectivity index (χ0) is 105. The highest BCUT2D eigenvalue weighted by atomic mass is 19.1. The highest BCUT2D eigenvalue weighted by molar-refractivity contribution is 5.90. The normalized spacial score (nSPS) is 18.0. The molecule has 778 valence electrons. The number of nitrogens with one attached hydrogen (secondary N) is 3. The number of nitrogens with zero attached hydrogens (tertiary/aromatic N) is 9. The number of halogens is 4. The molecule has 0 radical (unpaired) electrons. The Kier molecular flexibility index (Phi) is 40.5. The first-order valence-corrected chi connectivity index (χ1v) is 50.6. The zero-order valence-corrected chi connectivity index (χ0v) is 85.2. The third kappa shape index (κ3) is 30.4. The molecule has 4 fully saturated rings. The molecule has 4 aliphatic rings. The number of amides is 8. The molecule has 4 aliphatic heterocycles. The van der Waals surface area contributed by atoms with Crippen molar-refractivity contribution in [3.8, 4) is 0 Å². The predicted molar refractivity (Wildman–Crippen MR) is 569 cm³/mol. The van der Waals surface area contributed by atoms with Crippen LogP contribution in [0, 0.1) is 23.3 Å². The molecule has 12 N–H and O–H groups in total. The number of nitrogens with two attached hydrogens (primary N) is 4. The minimum Gasteiger partial charge on any atom is -0.448 e. The van der Waals surface area contributed by atoms with Crippen LogP contribution in [0.3, 0.4) is 0 Å². The molecule has 16 rings (SSSR count). The number of carbonyl (C=O) groups is 8. The molecule has 147 heavy (non-hydrogen) atoms. The van der Waals surface area contributed by atoms with Gasteiger partial charge in [0.2, 0.25) is 41.4 Å². The molecular weight excluding hydrogens is 1870 g/mol. The van der Waals surface area contributed by atoms with Gasteiger partial charge in [0.15, 0.2) is 0 Å². The molecule has 0 aliphatic carbocycles. The first-order valence-electron chi connectivity index (χ1n) is 50.6. The quantitative estimate of drug-likeness (QED) is 0.0177. The number of rotatable bonds is 33. The van der Waals surface area contributed by atoms with Crippen LogP contribution in [0.15, 0.2) is 267 Å². The number of likely N-dealkylation sites (N-methyl/N-ethyl adjacent to an activating group) is 3. The van der Waals surface area contributed by atoms with Crippen LogP contribution in [-0.2, 0) is 94.4 Å². The van der Waals surface area contributed by atoms with E-state index in [1.165, 1.54) is 64.2 Å². The summed E-state index contributed by atoms with van der Waals surface area (Å²) >= 11 is 0. The van der Waals surface area contributed by atoms with Crippen LogP contribution in [-0.4, -0.2) is 310 Å². The van der Waals surface area contributed by atoms with Crippen LogP contribution >= 0.6 is 0 Å². The lowest BCUT2D eigenvalue weighted by Gasteiger charge is -2.44. The van der Waals surface area contributed by atoms with E-state index in [1.807, 2.05) is 65.3 Å². The molecule has 4 saturated heterocycles. The van der Waals surface area contributed by atoms with Crippen LogP contribution in [0.2, 0.25) is 0 Å². The van der Waals surface area contributed by atoms with E-state index < -0.39 is 36.3 Å². The summed E-state index contributed by atoms with van der Waals surface area (Å²) in [6.07, 6.45) is 4.05. The molecule has 0 saturated carbocycles. The lowest BCUT2D eigenvalue weighted by molar-refractivity contribution is -0.141. The second kappa shape index (κ2) is 53.8. The van der Waals surface area contributed by atoms with E-state index in [1.54, 1.807) is 101 Å². The van der Waals surface area contributed by atoms with Gasteiger partial charge in [0.1, 0.15) is 29.9 Å². The van der Waals surface area contributed by atoms with E-state index in [2.05, 4.69) is 164 Å². The summed E-state index contributed by atoms with van der Waals surface area (Å²) in [5, 5.41) is 27.9. The Morgan fingerprint density at radius 3 is 0.932 bits per heavy atom. The maximum absolute atomic E-state index is 13.3. The monoisotopic (exact) mass is 2010 g/mol. The van der Waals surface area contributed by atoms with E-state index in [9.17, 15) is 61.0 Å². The van der Waals surface area contributed by atoms with Crippen molar-refractivity contribution in [2.75, 3.05) is 141 Å².